The van der Waals surface area contributed by atoms with E-state index >= 15 is 0 Å². The van der Waals surface area contributed by atoms with Crippen molar-refractivity contribution < 1.29 is 28.2 Å². The minimum absolute atomic E-state index is 0.00224. The Kier molecular flexibility index (Phi) is 10.2. The molecule has 0 aromatic heterocycles. The first-order valence-corrected chi connectivity index (χ1v) is 15.6. The molecule has 35 heavy (non-hydrogen) atoms. The molecule has 1 amide bonds. The van der Waals surface area contributed by atoms with E-state index in [4.69, 9.17) is 28.4 Å². The summed E-state index contributed by atoms with van der Waals surface area (Å²) in [6.07, 6.45) is 2.15. The number of hydrogen-bond donors (Lipinski definition) is 5. The van der Waals surface area contributed by atoms with Crippen LogP contribution in [0.15, 0.2) is 36.4 Å². The van der Waals surface area contributed by atoms with E-state index in [-0.39, 0.29) is 40.7 Å². The van der Waals surface area contributed by atoms with Crippen molar-refractivity contribution >= 4 is 57.5 Å². The summed E-state index contributed by atoms with van der Waals surface area (Å²) in [4.78, 5) is 24.3. The first-order chi connectivity index (χ1) is 16.2. The summed E-state index contributed by atoms with van der Waals surface area (Å²) in [5.41, 5.74) is 0.658. The Hall–Kier alpha value is -2.10. The molecule has 0 aliphatic rings. The molecule has 5 N–H and O–H groups in total. The number of hydrogen-bond acceptors (Lipinski definition) is 6. The number of rotatable bonds is 12. The van der Waals surface area contributed by atoms with Crippen LogP contribution in [-0.4, -0.2) is 62.2 Å². The Morgan fingerprint density at radius 3 is 2.34 bits per heavy atom. The molecule has 0 heterocycles. The molecule has 2 aromatic rings. The molecule has 0 radical (unpaired) electrons. The molecule has 0 aliphatic heterocycles. The average Bonchev–Trinajstić information content (AvgIpc) is 2.73. The molecular formula is C22H28Cl2N3O6PS. The highest BCUT2D eigenvalue weighted by Gasteiger charge is 2.24. The van der Waals surface area contributed by atoms with Gasteiger partial charge in [0.05, 0.1) is 21.9 Å². The zero-order chi connectivity index (χ0) is 26.4. The van der Waals surface area contributed by atoms with Crippen LogP contribution in [0, 0.1) is 5.16 Å². The monoisotopic (exact) mass is 563 g/mol. The van der Waals surface area contributed by atoms with E-state index in [0.717, 1.165) is 17.1 Å². The van der Waals surface area contributed by atoms with Gasteiger partial charge >= 0.3 is 5.97 Å². The Morgan fingerprint density at radius 2 is 1.80 bits per heavy atom. The van der Waals surface area contributed by atoms with Gasteiger partial charge in [0.2, 0.25) is 10.0 Å². The van der Waals surface area contributed by atoms with Gasteiger partial charge in [0.25, 0.3) is 5.91 Å². The van der Waals surface area contributed by atoms with E-state index < -0.39 is 35.0 Å². The fourth-order valence-electron chi connectivity index (χ4n) is 3.32. The molecule has 0 fully saturated rings. The lowest BCUT2D eigenvalue weighted by atomic mass is 10.1. The second kappa shape index (κ2) is 12.2. The van der Waals surface area contributed by atoms with E-state index in [1.807, 2.05) is 12.7 Å². The fraction of sp³-hybridized carbons (Fsp3) is 0.364. The fourth-order valence-corrected chi connectivity index (χ4v) is 6.34. The van der Waals surface area contributed by atoms with Gasteiger partial charge in [0.15, 0.2) is 0 Å². The number of phenolic OH excluding ortho intramolecular Hbond substituents is 1. The normalized spacial score (nSPS) is 14.2. The Balaban J connectivity index is 2.08. The maximum Gasteiger partial charge on any atom is 0.326 e. The lowest BCUT2D eigenvalue weighted by molar-refractivity contribution is -0.139. The van der Waals surface area contributed by atoms with Gasteiger partial charge in [-0.3, -0.25) is 4.79 Å². The summed E-state index contributed by atoms with van der Waals surface area (Å²) in [5.74, 6) is -1.92. The summed E-state index contributed by atoms with van der Waals surface area (Å²) in [6.45, 7) is 1.87. The third-order valence-corrected chi connectivity index (χ3v) is 9.07. The van der Waals surface area contributed by atoms with Crippen molar-refractivity contribution in [3.63, 3.8) is 0 Å². The van der Waals surface area contributed by atoms with Crippen molar-refractivity contribution in [2.24, 2.45) is 0 Å². The van der Waals surface area contributed by atoms with Crippen molar-refractivity contribution in [2.75, 3.05) is 25.6 Å². The van der Waals surface area contributed by atoms with Crippen LogP contribution in [0.3, 0.4) is 0 Å². The summed E-state index contributed by atoms with van der Waals surface area (Å²) in [5, 5.41) is 31.1. The van der Waals surface area contributed by atoms with Gasteiger partial charge in [-0.05, 0) is 74.3 Å². The van der Waals surface area contributed by atoms with Crippen LogP contribution in [0.5, 0.6) is 5.75 Å². The van der Waals surface area contributed by atoms with Gasteiger partial charge in [-0.1, -0.05) is 35.3 Å². The van der Waals surface area contributed by atoms with Gasteiger partial charge < -0.3 is 20.7 Å². The highest BCUT2D eigenvalue weighted by molar-refractivity contribution is 7.88. The molecule has 1 unspecified atom stereocenters. The van der Waals surface area contributed by atoms with Crippen LogP contribution in [0.2, 0.25) is 10.0 Å². The quantitative estimate of drug-likeness (QED) is 0.196. The van der Waals surface area contributed by atoms with Crippen molar-refractivity contribution in [1.29, 1.82) is 5.16 Å². The maximum absolute atomic E-state index is 12.7. The number of aromatic hydroxyl groups is 1. The van der Waals surface area contributed by atoms with Crippen LogP contribution >= 0.6 is 30.3 Å². The number of halogens is 2. The first-order valence-electron chi connectivity index (χ1n) is 10.6. The maximum atomic E-state index is 12.7. The van der Waals surface area contributed by atoms with E-state index in [2.05, 4.69) is 10.0 Å². The van der Waals surface area contributed by atoms with E-state index in [1.165, 1.54) is 0 Å². The molecule has 2 atom stereocenters. The predicted octanol–water partition coefficient (Wildman–Crippen LogP) is 3.49. The van der Waals surface area contributed by atoms with Crippen LogP contribution < -0.4 is 15.3 Å². The molecule has 0 aliphatic carbocycles. The SMILES string of the molecule is CP(=N)(CCc1cc(Cl)c(C(=O)N[C@@H](CCCNS(C)(=O)=O)C(=O)O)c(Cl)c1)c1cccc(O)c1. The minimum atomic E-state index is -3.40. The zero-order valence-electron chi connectivity index (χ0n) is 19.2. The van der Waals surface area contributed by atoms with Crippen molar-refractivity contribution in [3.8, 4) is 5.75 Å². The first kappa shape index (κ1) is 29.1. The highest BCUT2D eigenvalue weighted by atomic mass is 35.5. The van der Waals surface area contributed by atoms with E-state index in [0.29, 0.717) is 12.6 Å². The molecule has 0 spiro atoms. The molecule has 2 aromatic carbocycles. The van der Waals surface area contributed by atoms with Gasteiger partial charge in [-0.15, -0.1) is 0 Å². The van der Waals surface area contributed by atoms with Crippen molar-refractivity contribution in [2.45, 2.75) is 25.3 Å². The number of carboxylic acid groups (broad SMARTS) is 1. The molecule has 13 heteroatoms. The van der Waals surface area contributed by atoms with Crippen LogP contribution in [0.1, 0.15) is 28.8 Å². The van der Waals surface area contributed by atoms with Crippen LogP contribution in [0.4, 0.5) is 0 Å². The average molecular weight is 564 g/mol. The number of carbonyl (C=O) groups excluding carboxylic acids is 1. The Labute approximate surface area is 214 Å². The summed E-state index contributed by atoms with van der Waals surface area (Å²) in [7, 11) is -5.68. The summed E-state index contributed by atoms with van der Waals surface area (Å²) < 4.78 is 24.5. The number of amides is 1. The van der Waals surface area contributed by atoms with Crippen LogP contribution in [0.25, 0.3) is 0 Å². The summed E-state index contributed by atoms with van der Waals surface area (Å²) >= 11 is 12.6. The Morgan fingerprint density at radius 1 is 1.17 bits per heavy atom. The number of phenols is 1. The predicted molar refractivity (Wildman–Crippen MR) is 139 cm³/mol. The number of benzene rings is 2. The van der Waals surface area contributed by atoms with Gasteiger partial charge in [-0.2, -0.15) is 0 Å². The smallest absolute Gasteiger partial charge is 0.326 e. The molecule has 2 rings (SSSR count). The second-order valence-electron chi connectivity index (χ2n) is 8.29. The molecule has 192 valence electrons. The Bertz CT molecular complexity index is 1230. The van der Waals surface area contributed by atoms with Gasteiger partial charge in [0, 0.05) is 6.54 Å². The molecular weight excluding hydrogens is 536 g/mol. The van der Waals surface area contributed by atoms with Crippen LogP contribution in [-0.2, 0) is 21.2 Å². The number of nitrogens with one attached hydrogen (secondary N) is 3. The van der Waals surface area contributed by atoms with Crippen molar-refractivity contribution in [3.05, 3.63) is 57.6 Å². The van der Waals surface area contributed by atoms with Crippen molar-refractivity contribution in [1.82, 2.24) is 10.0 Å². The number of sulfonamides is 1. The van der Waals surface area contributed by atoms with E-state index in [1.54, 1.807) is 30.3 Å². The molecule has 0 saturated carbocycles. The third kappa shape index (κ3) is 9.13. The highest BCUT2D eigenvalue weighted by Crippen LogP contribution is 2.42. The third-order valence-electron chi connectivity index (χ3n) is 5.21. The summed E-state index contributed by atoms with van der Waals surface area (Å²) in [6, 6.07) is 8.52. The largest absolute Gasteiger partial charge is 0.508 e. The molecule has 0 bridgehead atoms. The van der Waals surface area contributed by atoms with E-state index in [9.17, 15) is 28.2 Å². The van der Waals surface area contributed by atoms with Gasteiger partial charge in [0.1, 0.15) is 11.8 Å². The number of carboxylic acids is 1. The number of carbonyl (C=O) groups is 2. The standard InChI is InChI=1S/C22H28Cl2N3O6PS/c1-34(25,16-6-3-5-15(28)13-16)10-8-14-11-17(23)20(18(24)12-14)21(29)27-19(22(30)31)7-4-9-26-35(2,32)33/h3,5-6,11-13,19,25-26,28H,4,7-10H2,1-2H3,(H,27,29)(H,30,31)/t19-,34?/m0/s1. The second-order valence-corrected chi connectivity index (χ2v) is 14.3. The zero-order valence-corrected chi connectivity index (χ0v) is 22.4. The topological polar surface area (TPSA) is 157 Å². The molecule has 9 nitrogen and oxygen atoms in total. The lowest BCUT2D eigenvalue weighted by Crippen LogP contribution is -2.41. The van der Waals surface area contributed by atoms with Gasteiger partial charge in [-0.25, -0.2) is 17.9 Å². The minimum Gasteiger partial charge on any atom is -0.508 e. The number of aliphatic carboxylic acids is 1. The molecule has 0 saturated heterocycles. The number of aryl methyl sites for hydroxylation is 1. The lowest BCUT2D eigenvalue weighted by Gasteiger charge is -2.19.